The van der Waals surface area contributed by atoms with Crippen molar-refractivity contribution in [2.75, 3.05) is 0 Å². The number of halogens is 1. The molecule has 0 aromatic carbocycles. The molecule has 0 atom stereocenters. The molecule has 0 amide bonds. The third kappa shape index (κ3) is 2.18. The third-order valence-corrected chi connectivity index (χ3v) is 2.37. The average Bonchev–Trinajstić information content (AvgIpc) is 2.20. The van der Waals surface area contributed by atoms with Gasteiger partial charge in [-0.15, -0.1) is 0 Å². The summed E-state index contributed by atoms with van der Waals surface area (Å²) in [5, 5.41) is 0. The highest BCUT2D eigenvalue weighted by molar-refractivity contribution is 9.10. The fourth-order valence-electron chi connectivity index (χ4n) is 1.25. The zero-order valence-corrected chi connectivity index (χ0v) is 9.98. The predicted octanol–water partition coefficient (Wildman–Crippen LogP) is 2.31. The van der Waals surface area contributed by atoms with Crippen LogP contribution in [0.4, 0.5) is 0 Å². The normalized spacial score (nSPS) is 10.3. The zero-order chi connectivity index (χ0) is 10.8. The number of aryl methyl sites for hydroxylation is 2. The lowest BCUT2D eigenvalue weighted by molar-refractivity contribution is 1.00. The molecule has 0 radical (unpaired) electrons. The van der Waals surface area contributed by atoms with Gasteiger partial charge in [0.2, 0.25) is 0 Å². The van der Waals surface area contributed by atoms with Gasteiger partial charge in [-0.2, -0.15) is 0 Å². The molecule has 0 fully saturated rings. The van der Waals surface area contributed by atoms with Crippen LogP contribution >= 0.6 is 15.9 Å². The second-order valence-corrected chi connectivity index (χ2v) is 4.06. The van der Waals surface area contributed by atoms with Gasteiger partial charge in [-0.3, -0.25) is 0 Å². The highest BCUT2D eigenvalue weighted by Gasteiger charge is 2.06. The van der Waals surface area contributed by atoms with E-state index >= 15 is 0 Å². The molecule has 0 saturated carbocycles. The molecule has 2 aromatic heterocycles. The van der Waals surface area contributed by atoms with Crippen LogP contribution < -0.4 is 0 Å². The van der Waals surface area contributed by atoms with Crippen LogP contribution in [0, 0.1) is 13.8 Å². The van der Waals surface area contributed by atoms with E-state index in [2.05, 4.69) is 35.9 Å². The van der Waals surface area contributed by atoms with Gasteiger partial charge in [0, 0.05) is 18.6 Å². The zero-order valence-electron chi connectivity index (χ0n) is 8.40. The second kappa shape index (κ2) is 4.02. The van der Waals surface area contributed by atoms with Crippen LogP contribution in [0.5, 0.6) is 0 Å². The molecular weight excluding hydrogens is 256 g/mol. The molecule has 0 saturated heterocycles. The van der Waals surface area contributed by atoms with Crippen molar-refractivity contribution in [3.05, 3.63) is 34.6 Å². The number of nitrogens with zero attached hydrogens (tertiary/aromatic N) is 4. The maximum atomic E-state index is 4.27. The van der Waals surface area contributed by atoms with Gasteiger partial charge in [-0.25, -0.2) is 19.9 Å². The quantitative estimate of drug-likeness (QED) is 0.793. The average molecular weight is 265 g/mol. The number of aromatic nitrogens is 4. The first-order valence-electron chi connectivity index (χ1n) is 4.45. The number of rotatable bonds is 1. The molecule has 15 heavy (non-hydrogen) atoms. The van der Waals surface area contributed by atoms with Crippen LogP contribution in [0.3, 0.4) is 0 Å². The Labute approximate surface area is 96.0 Å². The van der Waals surface area contributed by atoms with Gasteiger partial charge in [0.05, 0.1) is 15.7 Å². The number of hydrogen-bond acceptors (Lipinski definition) is 4. The van der Waals surface area contributed by atoms with Crippen molar-refractivity contribution in [3.63, 3.8) is 0 Å². The Morgan fingerprint density at radius 3 is 2.27 bits per heavy atom. The van der Waals surface area contributed by atoms with Crippen LogP contribution in [0.25, 0.3) is 11.4 Å². The van der Waals surface area contributed by atoms with Crippen molar-refractivity contribution >= 4 is 15.9 Å². The highest BCUT2D eigenvalue weighted by atomic mass is 79.9. The summed E-state index contributed by atoms with van der Waals surface area (Å²) >= 11 is 3.29. The SMILES string of the molecule is Cc1ncc(-c2ncc(Br)cn2)c(C)n1. The van der Waals surface area contributed by atoms with Gasteiger partial charge in [0.1, 0.15) is 5.82 Å². The summed E-state index contributed by atoms with van der Waals surface area (Å²) in [6.45, 7) is 3.79. The topological polar surface area (TPSA) is 51.6 Å². The Bertz CT molecular complexity index is 481. The van der Waals surface area contributed by atoms with Crippen molar-refractivity contribution in [2.45, 2.75) is 13.8 Å². The first-order valence-corrected chi connectivity index (χ1v) is 5.24. The van der Waals surface area contributed by atoms with E-state index in [4.69, 9.17) is 0 Å². The van der Waals surface area contributed by atoms with Crippen molar-refractivity contribution in [2.24, 2.45) is 0 Å². The minimum absolute atomic E-state index is 0.649. The van der Waals surface area contributed by atoms with Crippen molar-refractivity contribution in [1.29, 1.82) is 0 Å². The van der Waals surface area contributed by atoms with Gasteiger partial charge >= 0.3 is 0 Å². The van der Waals surface area contributed by atoms with Gasteiger partial charge in [-0.05, 0) is 29.8 Å². The maximum Gasteiger partial charge on any atom is 0.162 e. The Balaban J connectivity index is 2.49. The van der Waals surface area contributed by atoms with E-state index in [0.717, 1.165) is 21.6 Å². The molecule has 0 unspecified atom stereocenters. The van der Waals surface area contributed by atoms with Gasteiger partial charge in [0.15, 0.2) is 5.82 Å². The minimum atomic E-state index is 0.649. The molecule has 2 aromatic rings. The molecule has 0 aliphatic carbocycles. The predicted molar refractivity (Wildman–Crippen MR) is 60.2 cm³/mol. The molecule has 5 heteroatoms. The molecular formula is C10H9BrN4. The molecule has 0 aliphatic heterocycles. The molecule has 0 spiro atoms. The maximum absolute atomic E-state index is 4.27. The lowest BCUT2D eigenvalue weighted by atomic mass is 10.2. The summed E-state index contributed by atoms with van der Waals surface area (Å²) in [6, 6.07) is 0. The van der Waals surface area contributed by atoms with Gasteiger partial charge in [0.25, 0.3) is 0 Å². The molecule has 4 nitrogen and oxygen atoms in total. The van der Waals surface area contributed by atoms with E-state index in [1.807, 2.05) is 13.8 Å². The lowest BCUT2D eigenvalue weighted by Crippen LogP contribution is -1.97. The van der Waals surface area contributed by atoms with E-state index in [1.165, 1.54) is 0 Å². The van der Waals surface area contributed by atoms with Crippen molar-refractivity contribution < 1.29 is 0 Å². The fraction of sp³-hybridized carbons (Fsp3) is 0.200. The smallest absolute Gasteiger partial charge is 0.162 e. The van der Waals surface area contributed by atoms with Gasteiger partial charge in [-0.1, -0.05) is 0 Å². The van der Waals surface area contributed by atoms with E-state index in [0.29, 0.717) is 5.82 Å². The van der Waals surface area contributed by atoms with Crippen LogP contribution in [0.2, 0.25) is 0 Å². The Hall–Kier alpha value is -1.36. The second-order valence-electron chi connectivity index (χ2n) is 3.14. The Morgan fingerprint density at radius 2 is 1.67 bits per heavy atom. The highest BCUT2D eigenvalue weighted by Crippen LogP contribution is 2.17. The van der Waals surface area contributed by atoms with E-state index in [9.17, 15) is 0 Å². The monoisotopic (exact) mass is 264 g/mol. The summed E-state index contributed by atoms with van der Waals surface area (Å²) in [4.78, 5) is 16.8. The molecule has 76 valence electrons. The van der Waals surface area contributed by atoms with Gasteiger partial charge < -0.3 is 0 Å². The lowest BCUT2D eigenvalue weighted by Gasteiger charge is -2.03. The summed E-state index contributed by atoms with van der Waals surface area (Å²) in [7, 11) is 0. The van der Waals surface area contributed by atoms with Crippen LogP contribution in [-0.4, -0.2) is 19.9 Å². The largest absolute Gasteiger partial charge is 0.241 e. The molecule has 0 aliphatic rings. The van der Waals surface area contributed by atoms with Crippen molar-refractivity contribution in [3.8, 4) is 11.4 Å². The third-order valence-electron chi connectivity index (χ3n) is 1.96. The summed E-state index contributed by atoms with van der Waals surface area (Å²) < 4.78 is 0.858. The number of hydrogen-bond donors (Lipinski definition) is 0. The molecule has 0 bridgehead atoms. The molecule has 2 rings (SSSR count). The van der Waals surface area contributed by atoms with E-state index in [1.54, 1.807) is 18.6 Å². The first-order chi connectivity index (χ1) is 7.16. The summed E-state index contributed by atoms with van der Waals surface area (Å²) in [6.07, 6.45) is 5.17. The van der Waals surface area contributed by atoms with Crippen molar-refractivity contribution in [1.82, 2.24) is 19.9 Å². The summed E-state index contributed by atoms with van der Waals surface area (Å²) in [5.41, 5.74) is 1.76. The Morgan fingerprint density at radius 1 is 1.00 bits per heavy atom. The first kappa shape index (κ1) is 10.2. The van der Waals surface area contributed by atoms with Crippen LogP contribution in [-0.2, 0) is 0 Å². The fourth-order valence-corrected chi connectivity index (χ4v) is 1.46. The van der Waals surface area contributed by atoms with E-state index < -0.39 is 0 Å². The molecule has 0 N–H and O–H groups in total. The van der Waals surface area contributed by atoms with E-state index in [-0.39, 0.29) is 0 Å². The van der Waals surface area contributed by atoms with Crippen LogP contribution in [0.1, 0.15) is 11.5 Å². The summed E-state index contributed by atoms with van der Waals surface area (Å²) in [5.74, 6) is 1.41. The molecule has 2 heterocycles. The Kier molecular flexibility index (Phi) is 2.73. The standard InChI is InChI=1S/C10H9BrN4/c1-6-9(5-12-7(2)15-6)10-13-3-8(11)4-14-10/h3-5H,1-2H3. The minimum Gasteiger partial charge on any atom is -0.241 e. The van der Waals surface area contributed by atoms with Crippen LogP contribution in [0.15, 0.2) is 23.1 Å².